The fourth-order valence-corrected chi connectivity index (χ4v) is 3.63. The van der Waals surface area contributed by atoms with Crippen molar-refractivity contribution in [3.63, 3.8) is 0 Å². The summed E-state index contributed by atoms with van der Waals surface area (Å²) in [5.41, 5.74) is 1.12. The number of aryl methyl sites for hydroxylation is 1. The van der Waals surface area contributed by atoms with E-state index in [-0.39, 0.29) is 5.88 Å². The number of aromatic hydroxyl groups is 1. The van der Waals surface area contributed by atoms with Gasteiger partial charge in [0.05, 0.1) is 0 Å². The molecule has 3 rings (SSSR count). The Morgan fingerprint density at radius 1 is 1.28 bits per heavy atom. The van der Waals surface area contributed by atoms with E-state index < -0.39 is 0 Å². The summed E-state index contributed by atoms with van der Waals surface area (Å²) in [5.74, 6) is 0.125. The predicted molar refractivity (Wildman–Crippen MR) is 74.8 cm³/mol. The lowest BCUT2D eigenvalue weighted by Gasteiger charge is -2.16. The smallest absolute Gasteiger partial charge is 0.218 e. The molecule has 94 valence electrons. The quantitative estimate of drug-likeness (QED) is 0.840. The average Bonchev–Trinajstić information content (AvgIpc) is 2.87. The summed E-state index contributed by atoms with van der Waals surface area (Å²) in [4.78, 5) is 5.23. The summed E-state index contributed by atoms with van der Waals surface area (Å²) in [6.45, 7) is 4.34. The van der Waals surface area contributed by atoms with Gasteiger partial charge in [-0.25, -0.2) is 9.29 Å². The molecule has 0 spiro atoms. The molecule has 0 bridgehead atoms. The number of aromatic nitrogens is 1. The molecule has 2 heterocycles. The van der Waals surface area contributed by atoms with E-state index in [1.165, 1.54) is 17.7 Å². The monoisotopic (exact) mass is 260 g/mol. The molecular weight excluding hydrogens is 244 g/mol. The average molecular weight is 260 g/mol. The molecule has 0 amide bonds. The van der Waals surface area contributed by atoms with Crippen LogP contribution in [0.3, 0.4) is 0 Å². The van der Waals surface area contributed by atoms with Crippen molar-refractivity contribution in [3.05, 3.63) is 30.0 Å². The maximum atomic E-state index is 9.85. The van der Waals surface area contributed by atoms with E-state index >= 15 is 0 Å². The SMILES string of the molecule is Cc1cnc(O)c2cccc(SN3CCCC3)c12. The third-order valence-corrected chi connectivity index (χ3v) is 4.49. The lowest BCUT2D eigenvalue weighted by Crippen LogP contribution is -2.08. The number of nitrogens with zero attached hydrogens (tertiary/aromatic N) is 2. The first kappa shape index (κ1) is 11.8. The zero-order valence-corrected chi connectivity index (χ0v) is 11.2. The number of pyridine rings is 1. The molecule has 1 aromatic carbocycles. The van der Waals surface area contributed by atoms with Gasteiger partial charge >= 0.3 is 0 Å². The minimum Gasteiger partial charge on any atom is -0.493 e. The molecule has 0 aliphatic carbocycles. The second kappa shape index (κ2) is 4.78. The normalized spacial score (nSPS) is 16.5. The lowest BCUT2D eigenvalue weighted by atomic mass is 10.1. The van der Waals surface area contributed by atoms with Crippen molar-refractivity contribution in [1.82, 2.24) is 9.29 Å². The highest BCUT2D eigenvalue weighted by molar-refractivity contribution is 7.97. The molecule has 0 unspecified atom stereocenters. The Kier molecular flexibility index (Phi) is 3.14. The minimum atomic E-state index is 0.125. The molecule has 1 aliphatic rings. The molecular formula is C14H16N2OS. The van der Waals surface area contributed by atoms with Crippen LogP contribution in [0.1, 0.15) is 18.4 Å². The van der Waals surface area contributed by atoms with Gasteiger partial charge in [-0.05, 0) is 49.4 Å². The van der Waals surface area contributed by atoms with Gasteiger partial charge in [-0.1, -0.05) is 6.07 Å². The van der Waals surface area contributed by atoms with Gasteiger partial charge in [-0.2, -0.15) is 0 Å². The fourth-order valence-electron chi connectivity index (χ4n) is 2.41. The van der Waals surface area contributed by atoms with Crippen LogP contribution < -0.4 is 0 Å². The van der Waals surface area contributed by atoms with Gasteiger partial charge in [0.2, 0.25) is 5.88 Å². The maximum Gasteiger partial charge on any atom is 0.218 e. The van der Waals surface area contributed by atoms with E-state index in [2.05, 4.69) is 15.4 Å². The molecule has 2 aromatic rings. The van der Waals surface area contributed by atoms with Crippen molar-refractivity contribution >= 4 is 22.7 Å². The summed E-state index contributed by atoms with van der Waals surface area (Å²) in [6.07, 6.45) is 4.30. The molecule has 1 saturated heterocycles. The van der Waals surface area contributed by atoms with Crippen LogP contribution in [0.25, 0.3) is 10.8 Å². The molecule has 3 nitrogen and oxygen atoms in total. The third-order valence-electron chi connectivity index (χ3n) is 3.33. The fraction of sp³-hybridized carbons (Fsp3) is 0.357. The van der Waals surface area contributed by atoms with Gasteiger partial charge in [-0.15, -0.1) is 0 Å². The number of hydrogen-bond acceptors (Lipinski definition) is 4. The molecule has 1 aliphatic heterocycles. The van der Waals surface area contributed by atoms with Gasteiger partial charge in [-0.3, -0.25) is 0 Å². The van der Waals surface area contributed by atoms with Crippen LogP contribution in [0.15, 0.2) is 29.3 Å². The molecule has 1 fully saturated rings. The topological polar surface area (TPSA) is 36.4 Å². The second-order valence-electron chi connectivity index (χ2n) is 4.67. The van der Waals surface area contributed by atoms with Gasteiger partial charge in [0.15, 0.2) is 0 Å². The van der Waals surface area contributed by atoms with Crippen LogP contribution in [0.5, 0.6) is 5.88 Å². The van der Waals surface area contributed by atoms with E-state index in [0.717, 1.165) is 29.4 Å². The van der Waals surface area contributed by atoms with Crippen LogP contribution in [0.2, 0.25) is 0 Å². The van der Waals surface area contributed by atoms with E-state index in [1.807, 2.05) is 19.1 Å². The predicted octanol–water partition coefficient (Wildman–Crippen LogP) is 3.35. The molecule has 0 atom stereocenters. The van der Waals surface area contributed by atoms with Crippen molar-refractivity contribution < 1.29 is 5.11 Å². The first-order chi connectivity index (χ1) is 8.75. The second-order valence-corrected chi connectivity index (χ2v) is 5.81. The Labute approximate surface area is 111 Å². The molecule has 0 saturated carbocycles. The Morgan fingerprint density at radius 2 is 2.06 bits per heavy atom. The Morgan fingerprint density at radius 3 is 2.83 bits per heavy atom. The number of benzene rings is 1. The number of hydrogen-bond donors (Lipinski definition) is 1. The zero-order chi connectivity index (χ0) is 12.5. The minimum absolute atomic E-state index is 0.125. The van der Waals surface area contributed by atoms with Crippen molar-refractivity contribution in [1.29, 1.82) is 0 Å². The van der Waals surface area contributed by atoms with E-state index in [4.69, 9.17) is 0 Å². The molecule has 1 N–H and O–H groups in total. The molecule has 0 radical (unpaired) electrons. The van der Waals surface area contributed by atoms with Crippen molar-refractivity contribution in [3.8, 4) is 5.88 Å². The highest BCUT2D eigenvalue weighted by Crippen LogP contribution is 2.36. The van der Waals surface area contributed by atoms with E-state index in [0.29, 0.717) is 0 Å². The lowest BCUT2D eigenvalue weighted by molar-refractivity contribution is 0.460. The Bertz CT molecular complexity index is 579. The van der Waals surface area contributed by atoms with E-state index in [9.17, 15) is 5.11 Å². The Hall–Kier alpha value is -1.26. The molecule has 1 aromatic heterocycles. The summed E-state index contributed by atoms with van der Waals surface area (Å²) < 4.78 is 2.39. The first-order valence-electron chi connectivity index (χ1n) is 6.26. The maximum absolute atomic E-state index is 9.85. The summed E-state index contributed by atoms with van der Waals surface area (Å²) in [7, 11) is 0. The highest BCUT2D eigenvalue weighted by Gasteiger charge is 2.16. The van der Waals surface area contributed by atoms with Crippen LogP contribution >= 0.6 is 11.9 Å². The van der Waals surface area contributed by atoms with Crippen LogP contribution in [-0.4, -0.2) is 27.5 Å². The number of rotatable bonds is 2. The highest BCUT2D eigenvalue weighted by atomic mass is 32.2. The van der Waals surface area contributed by atoms with Gasteiger partial charge in [0.25, 0.3) is 0 Å². The van der Waals surface area contributed by atoms with Gasteiger partial charge < -0.3 is 5.11 Å². The van der Waals surface area contributed by atoms with Crippen LogP contribution in [-0.2, 0) is 0 Å². The van der Waals surface area contributed by atoms with Crippen LogP contribution in [0.4, 0.5) is 0 Å². The van der Waals surface area contributed by atoms with E-state index in [1.54, 1.807) is 18.1 Å². The van der Waals surface area contributed by atoms with Gasteiger partial charge in [0, 0.05) is 35.0 Å². The third kappa shape index (κ3) is 2.06. The largest absolute Gasteiger partial charge is 0.493 e. The standard InChI is InChI=1S/C14H16N2OS/c1-10-9-15-14(17)11-5-4-6-12(13(10)11)18-16-7-2-3-8-16/h4-6,9H,2-3,7-8H2,1H3,(H,15,17). The zero-order valence-electron chi connectivity index (χ0n) is 10.4. The van der Waals surface area contributed by atoms with Crippen LogP contribution in [0, 0.1) is 6.92 Å². The Balaban J connectivity index is 2.08. The first-order valence-corrected chi connectivity index (χ1v) is 7.03. The van der Waals surface area contributed by atoms with Crippen molar-refractivity contribution in [2.45, 2.75) is 24.7 Å². The summed E-state index contributed by atoms with van der Waals surface area (Å²) in [5, 5.41) is 11.8. The molecule has 18 heavy (non-hydrogen) atoms. The number of fused-ring (bicyclic) bond motifs is 1. The summed E-state index contributed by atoms with van der Waals surface area (Å²) >= 11 is 1.80. The van der Waals surface area contributed by atoms with Crippen molar-refractivity contribution in [2.24, 2.45) is 0 Å². The van der Waals surface area contributed by atoms with Crippen molar-refractivity contribution in [2.75, 3.05) is 13.1 Å². The van der Waals surface area contributed by atoms with Gasteiger partial charge in [0.1, 0.15) is 0 Å². The summed E-state index contributed by atoms with van der Waals surface area (Å²) in [6, 6.07) is 6.04. The molecule has 4 heteroatoms.